The molecule has 14 nitrogen and oxygen atoms in total. The van der Waals surface area contributed by atoms with Gasteiger partial charge in [-0.2, -0.15) is 0 Å². The van der Waals surface area contributed by atoms with Crippen molar-refractivity contribution in [3.05, 3.63) is 22.8 Å². The third-order valence-electron chi connectivity index (χ3n) is 10.6. The average molecular weight is 1110 g/mol. The van der Waals surface area contributed by atoms with Crippen LogP contribution in [0.25, 0.3) is 0 Å². The number of esters is 2. The summed E-state index contributed by atoms with van der Waals surface area (Å²) in [4.78, 5) is 52.5. The van der Waals surface area contributed by atoms with Crippen molar-refractivity contribution < 1.29 is 152 Å². The molecule has 264 valence electrons. The van der Waals surface area contributed by atoms with Crippen LogP contribution >= 0.6 is 0 Å². The smallest absolute Gasteiger partial charge is 0.407 e. The Morgan fingerprint density at radius 2 is 1.69 bits per heavy atom. The molecule has 4 rings (SSSR count). The topological polar surface area (TPSA) is 218 Å². The third-order valence-corrected chi connectivity index (χ3v) is 10.6. The Hall–Kier alpha value is 0.00312. The molecular formula is C32H47Ac2NO13. The van der Waals surface area contributed by atoms with E-state index in [2.05, 4.69) is 5.32 Å². The molecule has 1 heterocycles. The molecule has 11 atom stereocenters. The normalized spacial score (nSPS) is 37.6. The maximum Gasteiger partial charge on any atom is 0.407 e. The predicted octanol–water partition coefficient (Wildman–Crippen LogP) is 0.210. The molecule has 2 radical (unpaired) electrons. The number of aliphatic hydroxyl groups is 5. The van der Waals surface area contributed by atoms with Gasteiger partial charge in [0, 0.05) is 119 Å². The van der Waals surface area contributed by atoms with Crippen molar-refractivity contribution in [2.75, 3.05) is 13.2 Å². The van der Waals surface area contributed by atoms with Crippen molar-refractivity contribution in [3.8, 4) is 0 Å². The molecule has 0 aromatic heterocycles. The maximum absolute atomic E-state index is 14.3. The van der Waals surface area contributed by atoms with Crippen molar-refractivity contribution in [3.63, 3.8) is 0 Å². The summed E-state index contributed by atoms with van der Waals surface area (Å²) in [7, 11) is 0. The van der Waals surface area contributed by atoms with Crippen LogP contribution in [-0.2, 0) is 33.3 Å². The standard InChI is InChI=1S/C32H47NO13.2Ac/c1-9-43-28(40)33-17(10-14(2)3)22(36)27(39)46-18-12-32(42)26(45-16(5)34)24-30(8,19(35)11-20-31(24,41)13-44-20)25(38)23(37)21(15(18)4)29(32,6)7;;/h10,17-20,22-24,26,35-37,41-42H,9,11-13H2,1-8H3,(H,33,40);;/t17-,18?,19-,20+,22+,23+,24-,26-,30+,31-,32+;;/m0../s1. The molecule has 6 N–H and O–H groups in total. The molecule has 16 heteroatoms. The summed E-state index contributed by atoms with van der Waals surface area (Å²) in [6, 6.07) is -1.26. The number of alkyl carbamates (subject to hydrolysis) is 1. The molecule has 3 fully saturated rings. The molecule has 0 aromatic carbocycles. The number of carbonyl (C=O) groups excluding carboxylic acids is 4. The Morgan fingerprint density at radius 1 is 1.08 bits per heavy atom. The van der Waals surface area contributed by atoms with Gasteiger partial charge in [0.1, 0.15) is 29.5 Å². The summed E-state index contributed by atoms with van der Waals surface area (Å²) >= 11 is 0. The van der Waals surface area contributed by atoms with Crippen LogP contribution in [0.1, 0.15) is 68.2 Å². The van der Waals surface area contributed by atoms with Crippen molar-refractivity contribution in [2.24, 2.45) is 16.7 Å². The minimum atomic E-state index is -2.22. The van der Waals surface area contributed by atoms with Crippen LogP contribution in [0.2, 0.25) is 0 Å². The van der Waals surface area contributed by atoms with Crippen LogP contribution in [-0.4, -0.2) is 116 Å². The number of hydrogen-bond acceptors (Lipinski definition) is 13. The van der Waals surface area contributed by atoms with E-state index >= 15 is 0 Å². The second kappa shape index (κ2) is 15.9. The largest absolute Gasteiger partial charge is 0.459 e. The summed E-state index contributed by atoms with van der Waals surface area (Å²) in [5, 5.41) is 61.2. The first-order valence-electron chi connectivity index (χ1n) is 15.5. The number of ether oxygens (including phenoxy) is 4. The van der Waals surface area contributed by atoms with Gasteiger partial charge in [0.05, 0.1) is 36.9 Å². The number of carbonyl (C=O) groups is 4. The molecule has 2 saturated carbocycles. The van der Waals surface area contributed by atoms with Crippen LogP contribution in [0.4, 0.5) is 4.79 Å². The Labute approximate surface area is 351 Å². The Balaban J connectivity index is 0.00000400. The molecule has 0 spiro atoms. The van der Waals surface area contributed by atoms with Gasteiger partial charge >= 0.3 is 18.0 Å². The van der Waals surface area contributed by atoms with Crippen molar-refractivity contribution in [2.45, 2.75) is 122 Å². The van der Waals surface area contributed by atoms with Crippen molar-refractivity contribution in [1.29, 1.82) is 0 Å². The van der Waals surface area contributed by atoms with E-state index in [0.717, 1.165) is 6.92 Å². The zero-order valence-electron chi connectivity index (χ0n) is 28.7. The summed E-state index contributed by atoms with van der Waals surface area (Å²) in [6.45, 7) is 11.8. The van der Waals surface area contributed by atoms with Crippen LogP contribution in [0.15, 0.2) is 22.8 Å². The number of rotatable bonds is 7. The van der Waals surface area contributed by atoms with Gasteiger partial charge in [0.25, 0.3) is 0 Å². The van der Waals surface area contributed by atoms with E-state index < -0.39 is 101 Å². The predicted molar refractivity (Wildman–Crippen MR) is 159 cm³/mol. The summed E-state index contributed by atoms with van der Waals surface area (Å²) < 4.78 is 21.9. The third kappa shape index (κ3) is 7.30. The number of ketones is 1. The molecule has 1 aliphatic heterocycles. The minimum Gasteiger partial charge on any atom is -0.459 e. The number of allylic oxidation sites excluding steroid dienone is 1. The molecule has 0 aromatic rings. The van der Waals surface area contributed by atoms with Gasteiger partial charge in [-0.3, -0.25) is 9.59 Å². The number of fused-ring (bicyclic) bond motifs is 5. The fourth-order valence-corrected chi connectivity index (χ4v) is 8.03. The van der Waals surface area contributed by atoms with Gasteiger partial charge in [0.2, 0.25) is 0 Å². The first-order chi connectivity index (χ1) is 21.2. The van der Waals surface area contributed by atoms with Crippen molar-refractivity contribution >= 4 is 23.8 Å². The van der Waals surface area contributed by atoms with Gasteiger partial charge in [-0.1, -0.05) is 25.5 Å². The first kappa shape index (κ1) is 44.2. The van der Waals surface area contributed by atoms with Crippen molar-refractivity contribution in [1.82, 2.24) is 5.32 Å². The van der Waals surface area contributed by atoms with Crippen LogP contribution < -0.4 is 5.32 Å². The van der Waals surface area contributed by atoms with Gasteiger partial charge < -0.3 is 49.8 Å². The zero-order valence-corrected chi connectivity index (χ0v) is 38.2. The molecule has 1 saturated heterocycles. The van der Waals surface area contributed by atoms with E-state index in [0.29, 0.717) is 5.57 Å². The summed E-state index contributed by atoms with van der Waals surface area (Å²) in [6.07, 6.45) is -9.33. The van der Waals surface area contributed by atoms with Crippen LogP contribution in [0, 0.1) is 105 Å². The molecule has 48 heavy (non-hydrogen) atoms. The van der Waals surface area contributed by atoms with Gasteiger partial charge in [0.15, 0.2) is 11.9 Å². The van der Waals surface area contributed by atoms with E-state index in [4.69, 9.17) is 18.9 Å². The zero-order chi connectivity index (χ0) is 34.7. The number of hydrogen-bond donors (Lipinski definition) is 6. The van der Waals surface area contributed by atoms with Gasteiger partial charge in [-0.05, 0) is 45.8 Å². The number of nitrogens with one attached hydrogen (secondary N) is 1. The quantitative estimate of drug-likeness (QED) is 0.114. The van der Waals surface area contributed by atoms with E-state index in [9.17, 15) is 44.7 Å². The summed E-state index contributed by atoms with van der Waals surface area (Å²) in [5.74, 6) is -4.37. The second-order valence-electron chi connectivity index (χ2n) is 14.0. The number of amides is 1. The molecule has 3 aliphatic carbocycles. The number of Topliss-reactive ketones (excluding diaryl/α,β-unsaturated/α-hetero) is 1. The second-order valence-corrected chi connectivity index (χ2v) is 14.0. The van der Waals surface area contributed by atoms with E-state index in [1.54, 1.807) is 34.6 Å². The molecule has 2 bridgehead atoms. The SMILES string of the molecule is CCOC(=O)N[C@@H](C=C(C)C)[C@@H](O)C(=O)OC1C[C@@]2(O)[C@@H](OC(C)=O)[C@@H]3[C@]4(O)CO[C@@H]4C[C@H](O)[C@@]3(C)C(=O)[C@H](O)C(=C1C)C2(C)C.[Ac].[Ac]. The fourth-order valence-electron chi connectivity index (χ4n) is 8.03. The van der Waals surface area contributed by atoms with E-state index in [-0.39, 0.29) is 119 Å². The van der Waals surface area contributed by atoms with E-state index in [1.165, 1.54) is 19.9 Å². The fraction of sp³-hybridized carbons (Fsp3) is 0.750. The monoisotopic (exact) mass is 1110 g/mol. The Morgan fingerprint density at radius 3 is 2.19 bits per heavy atom. The minimum absolute atomic E-state index is 0. The van der Waals surface area contributed by atoms with Gasteiger partial charge in [-0.15, -0.1) is 0 Å². The molecule has 1 amide bonds. The average Bonchev–Trinajstić information content (AvgIpc) is 2.94. The van der Waals surface area contributed by atoms with Crippen LogP contribution in [0.3, 0.4) is 0 Å². The van der Waals surface area contributed by atoms with E-state index in [1.807, 2.05) is 0 Å². The number of aliphatic hydroxyl groups excluding tert-OH is 3. The molecule has 1 unspecified atom stereocenters. The molecule has 4 aliphatic rings. The van der Waals surface area contributed by atoms with Crippen LogP contribution in [0.5, 0.6) is 0 Å². The maximum atomic E-state index is 14.3. The Bertz CT molecular complexity index is 1350. The Kier molecular flexibility index (Phi) is 14.7. The summed E-state index contributed by atoms with van der Waals surface area (Å²) in [5.41, 5.74) is -6.64. The van der Waals surface area contributed by atoms with Gasteiger partial charge in [-0.25, -0.2) is 9.59 Å². The molecular weight excluding hydrogens is 1060 g/mol. The first-order valence-corrected chi connectivity index (χ1v) is 15.5.